The molecule has 6 aromatic rings. The molecular formula is C30H20SSi. The fraction of sp³-hybridized carbons (Fsp3) is 0. The minimum Gasteiger partial charge on any atom is -0.135 e. The molecule has 0 unspecified atom stereocenters. The Balaban J connectivity index is 1.71. The summed E-state index contributed by atoms with van der Waals surface area (Å²) >= 11 is 1.94. The first-order valence-corrected chi connectivity index (χ1v) is 13.9. The number of hydrogen-bond acceptors (Lipinski definition) is 1. The molecule has 0 aliphatic carbocycles. The molecule has 1 aliphatic rings. The number of rotatable bonds is 2. The second-order valence-corrected chi connectivity index (χ2v) is 13.3. The van der Waals surface area contributed by atoms with E-state index in [0.717, 1.165) is 0 Å². The number of fused-ring (bicyclic) bond motifs is 7. The molecule has 0 N–H and O–H groups in total. The van der Waals surface area contributed by atoms with Gasteiger partial charge in [-0.25, -0.2) is 0 Å². The second kappa shape index (κ2) is 6.77. The standard InChI is InChI=1S/C30H20SSi/c1-3-11-21(12-4-1)32(22-13-5-2-6-14-22)27-18-10-8-16-25(27)29-28(32)20-19-24-23-15-7-9-17-26(23)31-30(24)29/h1-20H. The lowest BCUT2D eigenvalue weighted by Crippen LogP contribution is -2.72. The van der Waals surface area contributed by atoms with Crippen LogP contribution in [0.1, 0.15) is 0 Å². The van der Waals surface area contributed by atoms with Crippen molar-refractivity contribution in [2.24, 2.45) is 0 Å². The smallest absolute Gasteiger partial charge is 0.135 e. The van der Waals surface area contributed by atoms with Gasteiger partial charge in [-0.1, -0.05) is 115 Å². The van der Waals surface area contributed by atoms with Crippen LogP contribution < -0.4 is 20.7 Å². The zero-order valence-corrected chi connectivity index (χ0v) is 19.3. The lowest BCUT2D eigenvalue weighted by atomic mass is 10.0. The second-order valence-electron chi connectivity index (χ2n) is 8.49. The summed E-state index contributed by atoms with van der Waals surface area (Å²) in [6, 6.07) is 45.3. The van der Waals surface area contributed by atoms with Gasteiger partial charge in [0.1, 0.15) is 0 Å². The molecule has 0 saturated carbocycles. The fourth-order valence-corrected chi connectivity index (χ4v) is 12.2. The molecule has 0 nitrogen and oxygen atoms in total. The van der Waals surface area contributed by atoms with Crippen molar-refractivity contribution in [2.45, 2.75) is 0 Å². The zero-order chi connectivity index (χ0) is 21.1. The van der Waals surface area contributed by atoms with Crippen molar-refractivity contribution in [1.29, 1.82) is 0 Å². The Morgan fingerprint density at radius 2 is 1.09 bits per heavy atom. The lowest BCUT2D eigenvalue weighted by molar-refractivity contribution is 1.70. The fourth-order valence-electron chi connectivity index (χ4n) is 5.71. The van der Waals surface area contributed by atoms with Crippen molar-refractivity contribution in [3.63, 3.8) is 0 Å². The summed E-state index contributed by atoms with van der Waals surface area (Å²) in [5.74, 6) is 0. The summed E-state index contributed by atoms with van der Waals surface area (Å²) in [6.45, 7) is 0. The highest BCUT2D eigenvalue weighted by molar-refractivity contribution is 7.28. The Morgan fingerprint density at radius 3 is 1.84 bits per heavy atom. The van der Waals surface area contributed by atoms with Gasteiger partial charge in [0.2, 0.25) is 0 Å². The van der Waals surface area contributed by atoms with Gasteiger partial charge in [0.05, 0.1) is 0 Å². The normalized spacial score (nSPS) is 13.9. The Morgan fingerprint density at radius 1 is 0.469 bits per heavy atom. The van der Waals surface area contributed by atoms with Crippen molar-refractivity contribution in [3.8, 4) is 11.1 Å². The van der Waals surface area contributed by atoms with E-state index in [1.54, 1.807) is 0 Å². The number of hydrogen-bond donors (Lipinski definition) is 0. The van der Waals surface area contributed by atoms with E-state index in [-0.39, 0.29) is 0 Å². The zero-order valence-electron chi connectivity index (χ0n) is 17.5. The number of benzene rings is 5. The third-order valence-corrected chi connectivity index (χ3v) is 13.0. The molecule has 0 fully saturated rings. The Labute approximate surface area is 192 Å². The van der Waals surface area contributed by atoms with Gasteiger partial charge in [-0.2, -0.15) is 0 Å². The highest BCUT2D eigenvalue weighted by atomic mass is 32.1. The molecule has 0 saturated heterocycles. The average Bonchev–Trinajstić information content (AvgIpc) is 3.39. The molecule has 32 heavy (non-hydrogen) atoms. The summed E-state index contributed by atoms with van der Waals surface area (Å²) < 4.78 is 2.80. The third kappa shape index (κ3) is 2.26. The maximum Gasteiger partial charge on any atom is 0.180 e. The van der Waals surface area contributed by atoms with Gasteiger partial charge in [0.15, 0.2) is 8.07 Å². The van der Waals surface area contributed by atoms with E-state index in [0.29, 0.717) is 0 Å². The summed E-state index contributed by atoms with van der Waals surface area (Å²) in [5.41, 5.74) is 2.87. The molecule has 150 valence electrons. The van der Waals surface area contributed by atoms with E-state index >= 15 is 0 Å². The molecule has 1 aromatic heterocycles. The SMILES string of the molecule is c1ccc([Si]2(c3ccccc3)c3ccccc3-c3c2ccc2c3sc3ccccc32)cc1. The summed E-state index contributed by atoms with van der Waals surface area (Å²) in [7, 11) is -2.39. The van der Waals surface area contributed by atoms with Crippen LogP contribution in [0.25, 0.3) is 31.3 Å². The maximum absolute atomic E-state index is 2.45. The first-order valence-electron chi connectivity index (χ1n) is 11.0. The van der Waals surface area contributed by atoms with Crippen molar-refractivity contribution in [1.82, 2.24) is 0 Å². The van der Waals surface area contributed by atoms with Crippen LogP contribution in [0.15, 0.2) is 121 Å². The first-order chi connectivity index (χ1) is 15.9. The van der Waals surface area contributed by atoms with Crippen LogP contribution in [0.5, 0.6) is 0 Å². The molecular weight excluding hydrogens is 420 g/mol. The van der Waals surface area contributed by atoms with Crippen molar-refractivity contribution in [2.75, 3.05) is 0 Å². The summed E-state index contributed by atoms with van der Waals surface area (Å²) in [6.07, 6.45) is 0. The van der Waals surface area contributed by atoms with Gasteiger partial charge in [-0.15, -0.1) is 11.3 Å². The highest BCUT2D eigenvalue weighted by Crippen LogP contribution is 2.41. The summed E-state index contributed by atoms with van der Waals surface area (Å²) in [5, 5.41) is 8.69. The first kappa shape index (κ1) is 18.1. The maximum atomic E-state index is 2.45. The van der Waals surface area contributed by atoms with Crippen molar-refractivity contribution >= 4 is 60.3 Å². The van der Waals surface area contributed by atoms with Gasteiger partial charge in [-0.05, 0) is 37.9 Å². The average molecular weight is 441 g/mol. The molecule has 0 atom stereocenters. The molecule has 0 spiro atoms. The molecule has 5 aromatic carbocycles. The third-order valence-electron chi connectivity index (χ3n) is 6.96. The van der Waals surface area contributed by atoms with Crippen LogP contribution in [0.2, 0.25) is 0 Å². The van der Waals surface area contributed by atoms with E-state index in [2.05, 4.69) is 121 Å². The monoisotopic (exact) mass is 440 g/mol. The largest absolute Gasteiger partial charge is 0.180 e. The van der Waals surface area contributed by atoms with E-state index in [4.69, 9.17) is 0 Å². The quantitative estimate of drug-likeness (QED) is 0.315. The van der Waals surface area contributed by atoms with Gasteiger partial charge in [0, 0.05) is 20.2 Å². The van der Waals surface area contributed by atoms with Crippen molar-refractivity contribution in [3.05, 3.63) is 121 Å². The topological polar surface area (TPSA) is 0 Å². The van der Waals surface area contributed by atoms with Gasteiger partial charge >= 0.3 is 0 Å². The highest BCUT2D eigenvalue weighted by Gasteiger charge is 2.49. The molecule has 7 rings (SSSR count). The van der Waals surface area contributed by atoms with Gasteiger partial charge in [0.25, 0.3) is 0 Å². The van der Waals surface area contributed by atoms with Crippen LogP contribution in [0.4, 0.5) is 0 Å². The lowest BCUT2D eigenvalue weighted by Gasteiger charge is -2.31. The van der Waals surface area contributed by atoms with E-state index in [1.165, 1.54) is 52.0 Å². The molecule has 0 amide bonds. The molecule has 2 heteroatoms. The predicted molar refractivity (Wildman–Crippen MR) is 142 cm³/mol. The van der Waals surface area contributed by atoms with Gasteiger partial charge < -0.3 is 0 Å². The van der Waals surface area contributed by atoms with Gasteiger partial charge in [-0.3, -0.25) is 0 Å². The van der Waals surface area contributed by atoms with Crippen LogP contribution in [0.3, 0.4) is 0 Å². The van der Waals surface area contributed by atoms with Crippen LogP contribution in [-0.2, 0) is 0 Å². The molecule has 0 radical (unpaired) electrons. The summed E-state index contributed by atoms with van der Waals surface area (Å²) in [4.78, 5) is 0. The number of thiophene rings is 1. The Kier molecular flexibility index (Phi) is 3.84. The minimum absolute atomic E-state index is 1.37. The van der Waals surface area contributed by atoms with E-state index in [1.807, 2.05) is 11.3 Å². The molecule has 1 aliphatic heterocycles. The minimum atomic E-state index is -2.39. The predicted octanol–water partition coefficient (Wildman–Crippen LogP) is 5.41. The molecule has 0 bridgehead atoms. The van der Waals surface area contributed by atoms with E-state index < -0.39 is 8.07 Å². The van der Waals surface area contributed by atoms with Crippen LogP contribution >= 0.6 is 11.3 Å². The Hall–Kier alpha value is -3.46. The van der Waals surface area contributed by atoms with Crippen LogP contribution in [-0.4, -0.2) is 8.07 Å². The van der Waals surface area contributed by atoms with Crippen molar-refractivity contribution < 1.29 is 0 Å². The van der Waals surface area contributed by atoms with E-state index in [9.17, 15) is 0 Å². The Bertz CT molecular complexity index is 1570. The van der Waals surface area contributed by atoms with Crippen LogP contribution in [0, 0.1) is 0 Å². The molecule has 2 heterocycles.